The predicted octanol–water partition coefficient (Wildman–Crippen LogP) is 6.19. The highest BCUT2D eigenvalue weighted by molar-refractivity contribution is 6.30. The third-order valence-electron chi connectivity index (χ3n) is 4.61. The van der Waals surface area contributed by atoms with Gasteiger partial charge in [0.25, 0.3) is 0 Å². The van der Waals surface area contributed by atoms with Crippen molar-refractivity contribution < 1.29 is 19.0 Å². The first-order valence-electron chi connectivity index (χ1n) is 9.85. The van der Waals surface area contributed by atoms with E-state index < -0.39 is 0 Å². The molecule has 5 nitrogen and oxygen atoms in total. The number of anilines is 1. The van der Waals surface area contributed by atoms with Gasteiger partial charge in [-0.15, -0.1) is 0 Å². The van der Waals surface area contributed by atoms with Crippen LogP contribution in [0.15, 0.2) is 66.7 Å². The Morgan fingerprint density at radius 1 is 0.781 bits per heavy atom. The van der Waals surface area contributed by atoms with Gasteiger partial charge >= 0.3 is 0 Å². The Labute approximate surface area is 192 Å². The van der Waals surface area contributed by atoms with Crippen LogP contribution < -0.4 is 19.5 Å². The van der Waals surface area contributed by atoms with E-state index in [0.29, 0.717) is 28.0 Å². The summed E-state index contributed by atoms with van der Waals surface area (Å²) in [6.07, 6.45) is 7.10. The number of carbonyl (C=O) groups excluding carboxylic acids is 1. The van der Waals surface area contributed by atoms with Gasteiger partial charge < -0.3 is 19.5 Å². The van der Waals surface area contributed by atoms with E-state index in [1.54, 1.807) is 39.5 Å². The lowest BCUT2D eigenvalue weighted by atomic mass is 10.1. The molecule has 0 aliphatic rings. The summed E-state index contributed by atoms with van der Waals surface area (Å²) in [5, 5.41) is 3.53. The third-order valence-corrected chi connectivity index (χ3v) is 4.86. The number of ether oxygens (including phenoxy) is 3. The van der Waals surface area contributed by atoms with E-state index >= 15 is 0 Å². The second-order valence-corrected chi connectivity index (χ2v) is 7.23. The summed E-state index contributed by atoms with van der Waals surface area (Å²) in [4.78, 5) is 12.3. The number of nitrogens with one attached hydrogen (secondary N) is 1. The first kappa shape index (κ1) is 23.0. The quantitative estimate of drug-likeness (QED) is 0.329. The molecule has 0 radical (unpaired) electrons. The number of benzene rings is 3. The topological polar surface area (TPSA) is 56.8 Å². The Morgan fingerprint density at radius 3 is 2.06 bits per heavy atom. The normalized spacial score (nSPS) is 11.0. The zero-order valence-corrected chi connectivity index (χ0v) is 18.8. The Kier molecular flexibility index (Phi) is 7.95. The molecule has 0 aliphatic heterocycles. The number of rotatable bonds is 8. The van der Waals surface area contributed by atoms with E-state index in [4.69, 9.17) is 25.8 Å². The number of hydrogen-bond acceptors (Lipinski definition) is 4. The van der Waals surface area contributed by atoms with Crippen molar-refractivity contribution in [2.75, 3.05) is 26.6 Å². The van der Waals surface area contributed by atoms with E-state index in [-0.39, 0.29) is 5.91 Å². The van der Waals surface area contributed by atoms with Crippen molar-refractivity contribution in [2.24, 2.45) is 0 Å². The molecule has 3 aromatic rings. The van der Waals surface area contributed by atoms with E-state index in [9.17, 15) is 4.79 Å². The van der Waals surface area contributed by atoms with Crippen molar-refractivity contribution in [3.8, 4) is 17.2 Å². The van der Waals surface area contributed by atoms with Gasteiger partial charge in [0, 0.05) is 16.8 Å². The Morgan fingerprint density at radius 2 is 1.44 bits per heavy atom. The second-order valence-electron chi connectivity index (χ2n) is 6.79. The van der Waals surface area contributed by atoms with Gasteiger partial charge in [0.2, 0.25) is 11.7 Å². The molecule has 6 heteroatoms. The molecule has 1 N–H and O–H groups in total. The zero-order chi connectivity index (χ0) is 22.9. The first-order valence-corrected chi connectivity index (χ1v) is 10.2. The monoisotopic (exact) mass is 449 g/mol. The largest absolute Gasteiger partial charge is 0.493 e. The van der Waals surface area contributed by atoms with Crippen LogP contribution in [0.2, 0.25) is 5.02 Å². The summed E-state index contributed by atoms with van der Waals surface area (Å²) in [5.41, 5.74) is 3.41. The lowest BCUT2D eigenvalue weighted by molar-refractivity contribution is -0.111. The standard InChI is InChI=1S/C26H24ClNO4/c1-30-23-16-20(17-24(31-2)26(23)32-3)8-7-19-5-4-6-22(15-19)28-25(29)14-11-18-9-12-21(27)13-10-18/h4-17H,1-3H3,(H,28,29)/b8-7+,14-11+. The molecule has 0 spiro atoms. The molecule has 0 fully saturated rings. The Balaban J connectivity index is 1.71. The molecule has 1 amide bonds. The van der Waals surface area contributed by atoms with Crippen molar-refractivity contribution in [3.05, 3.63) is 88.5 Å². The van der Waals surface area contributed by atoms with Crippen LogP contribution >= 0.6 is 11.6 Å². The van der Waals surface area contributed by atoms with Crippen molar-refractivity contribution in [1.82, 2.24) is 0 Å². The number of hydrogen-bond donors (Lipinski definition) is 1. The fraction of sp³-hybridized carbons (Fsp3) is 0.115. The minimum atomic E-state index is -0.217. The summed E-state index contributed by atoms with van der Waals surface area (Å²) in [6.45, 7) is 0. The molecule has 0 heterocycles. The number of amides is 1. The van der Waals surface area contributed by atoms with Gasteiger partial charge in [-0.1, -0.05) is 48.0 Å². The van der Waals surface area contributed by atoms with Crippen LogP contribution in [0.1, 0.15) is 16.7 Å². The van der Waals surface area contributed by atoms with E-state index in [2.05, 4.69) is 5.32 Å². The SMILES string of the molecule is COc1cc(/C=C/c2cccc(NC(=O)/C=C/c3ccc(Cl)cc3)c2)cc(OC)c1OC. The molecule has 0 aromatic heterocycles. The zero-order valence-electron chi connectivity index (χ0n) is 18.1. The number of halogens is 1. The van der Waals surface area contributed by atoms with Gasteiger partial charge in [-0.05, 0) is 59.2 Å². The van der Waals surface area contributed by atoms with E-state index in [0.717, 1.165) is 16.7 Å². The molecular weight excluding hydrogens is 426 g/mol. The Bertz CT molecular complexity index is 1110. The molecule has 0 saturated heterocycles. The average Bonchev–Trinajstić information content (AvgIpc) is 2.81. The molecule has 164 valence electrons. The third kappa shape index (κ3) is 6.15. The van der Waals surface area contributed by atoms with E-state index in [1.807, 2.05) is 60.7 Å². The summed E-state index contributed by atoms with van der Waals surface area (Å²) in [7, 11) is 4.73. The summed E-state index contributed by atoms with van der Waals surface area (Å²) in [5.74, 6) is 1.49. The van der Waals surface area contributed by atoms with Gasteiger partial charge in [0.15, 0.2) is 11.5 Å². The molecule has 0 bridgehead atoms. The minimum absolute atomic E-state index is 0.217. The molecule has 3 rings (SSSR count). The van der Waals surface area contributed by atoms with Crippen molar-refractivity contribution in [3.63, 3.8) is 0 Å². The smallest absolute Gasteiger partial charge is 0.248 e. The van der Waals surface area contributed by atoms with Crippen LogP contribution in [0.5, 0.6) is 17.2 Å². The van der Waals surface area contributed by atoms with Crippen LogP contribution in [-0.2, 0) is 4.79 Å². The van der Waals surface area contributed by atoms with E-state index in [1.165, 1.54) is 6.08 Å². The molecule has 0 saturated carbocycles. The molecule has 0 aliphatic carbocycles. The number of methoxy groups -OCH3 is 3. The van der Waals surface area contributed by atoms with Crippen LogP contribution in [-0.4, -0.2) is 27.2 Å². The maximum atomic E-state index is 12.3. The highest BCUT2D eigenvalue weighted by Crippen LogP contribution is 2.38. The lowest BCUT2D eigenvalue weighted by Gasteiger charge is -2.12. The molecular formula is C26H24ClNO4. The minimum Gasteiger partial charge on any atom is -0.493 e. The molecule has 0 atom stereocenters. The van der Waals surface area contributed by atoms with Crippen LogP contribution in [0.3, 0.4) is 0 Å². The highest BCUT2D eigenvalue weighted by atomic mass is 35.5. The first-order chi connectivity index (χ1) is 15.5. The molecule has 3 aromatic carbocycles. The molecule has 0 unspecified atom stereocenters. The average molecular weight is 450 g/mol. The van der Waals surface area contributed by atoms with Gasteiger partial charge in [-0.2, -0.15) is 0 Å². The Hall–Kier alpha value is -3.70. The maximum absolute atomic E-state index is 12.3. The van der Waals surface area contributed by atoms with Gasteiger partial charge in [-0.3, -0.25) is 4.79 Å². The summed E-state index contributed by atoms with van der Waals surface area (Å²) >= 11 is 5.88. The second kappa shape index (κ2) is 11.1. The van der Waals surface area contributed by atoms with Gasteiger partial charge in [0.05, 0.1) is 21.3 Å². The predicted molar refractivity (Wildman–Crippen MR) is 131 cm³/mol. The van der Waals surface area contributed by atoms with Gasteiger partial charge in [0.1, 0.15) is 0 Å². The summed E-state index contributed by atoms with van der Waals surface area (Å²) < 4.78 is 16.1. The van der Waals surface area contributed by atoms with Crippen LogP contribution in [0.4, 0.5) is 5.69 Å². The van der Waals surface area contributed by atoms with Gasteiger partial charge in [-0.25, -0.2) is 0 Å². The summed E-state index contributed by atoms with van der Waals surface area (Å²) in [6, 6.07) is 18.6. The van der Waals surface area contributed by atoms with Crippen molar-refractivity contribution in [2.45, 2.75) is 0 Å². The highest BCUT2D eigenvalue weighted by Gasteiger charge is 2.12. The van der Waals surface area contributed by atoms with Crippen molar-refractivity contribution >= 4 is 41.4 Å². The fourth-order valence-corrected chi connectivity index (χ4v) is 3.17. The lowest BCUT2D eigenvalue weighted by Crippen LogP contribution is -2.07. The number of carbonyl (C=O) groups is 1. The molecule has 32 heavy (non-hydrogen) atoms. The van der Waals surface area contributed by atoms with Crippen LogP contribution in [0, 0.1) is 0 Å². The van der Waals surface area contributed by atoms with Crippen LogP contribution in [0.25, 0.3) is 18.2 Å². The fourth-order valence-electron chi connectivity index (χ4n) is 3.04. The maximum Gasteiger partial charge on any atom is 0.248 e. The van der Waals surface area contributed by atoms with Crippen molar-refractivity contribution in [1.29, 1.82) is 0 Å².